The molecule has 5 heteroatoms. The number of ether oxygens (including phenoxy) is 1. The Morgan fingerprint density at radius 3 is 2.12 bits per heavy atom. The summed E-state index contributed by atoms with van der Waals surface area (Å²) in [5.41, 5.74) is 7.38. The number of allylic oxidation sites excluding steroid dienone is 5. The van der Waals surface area contributed by atoms with Crippen LogP contribution in [0.25, 0.3) is 0 Å². The van der Waals surface area contributed by atoms with Crippen LogP contribution in [0, 0.1) is 20.8 Å². The largest absolute Gasteiger partial charge is 0.542 e. The highest BCUT2D eigenvalue weighted by molar-refractivity contribution is 6.49. The monoisotopic (exact) mass is 489 g/mol. The van der Waals surface area contributed by atoms with Gasteiger partial charge in [-0.1, -0.05) is 23.3 Å². The summed E-state index contributed by atoms with van der Waals surface area (Å²) in [6, 6.07) is 0. The Labute approximate surface area is 207 Å². The minimum atomic E-state index is -1.59. The normalized spacial score (nSPS) is 18.6. The molecule has 0 fully saturated rings. The number of halogens is 2. The maximum absolute atomic E-state index is 12.1. The Kier molecular flexibility index (Phi) is 10.6. The molecule has 0 bridgehead atoms. The standard InChI is InChI=1S/C29H43F2O2Si/c1-20(14-10-16-26(30)31)12-9-13-21(2)15-11-18-29(6)19-17-25-24(5)27(33-34(7)8)22(3)23(4)28(25)32-29/h12,15-16H,9-11,13-14,17-19H2,1-8H3/b20-12+,21-15+/t29-/m1/s1. The van der Waals surface area contributed by atoms with Crippen molar-refractivity contribution in [3.63, 3.8) is 0 Å². The zero-order valence-corrected chi connectivity index (χ0v) is 23.5. The van der Waals surface area contributed by atoms with E-state index in [1.807, 2.05) is 6.92 Å². The highest BCUT2D eigenvalue weighted by atomic mass is 28.3. The molecule has 1 heterocycles. The molecular weight excluding hydrogens is 446 g/mol. The lowest BCUT2D eigenvalue weighted by Crippen LogP contribution is -2.37. The number of hydrogen-bond acceptors (Lipinski definition) is 2. The average Bonchev–Trinajstić information content (AvgIpc) is 2.74. The molecule has 0 aliphatic carbocycles. The average molecular weight is 490 g/mol. The van der Waals surface area contributed by atoms with Gasteiger partial charge >= 0.3 is 0 Å². The lowest BCUT2D eigenvalue weighted by molar-refractivity contribution is 0.0559. The zero-order valence-electron chi connectivity index (χ0n) is 22.5. The van der Waals surface area contributed by atoms with Crippen molar-refractivity contribution in [1.29, 1.82) is 0 Å². The van der Waals surface area contributed by atoms with Gasteiger partial charge in [0.05, 0.1) is 0 Å². The second kappa shape index (κ2) is 12.7. The highest BCUT2D eigenvalue weighted by Crippen LogP contribution is 2.45. The maximum atomic E-state index is 12.1. The molecule has 1 atom stereocenters. The van der Waals surface area contributed by atoms with Gasteiger partial charge in [0.15, 0.2) is 0 Å². The Bertz CT molecular complexity index is 942. The first-order valence-electron chi connectivity index (χ1n) is 12.6. The van der Waals surface area contributed by atoms with E-state index in [-0.39, 0.29) is 5.60 Å². The predicted molar refractivity (Wildman–Crippen MR) is 142 cm³/mol. The van der Waals surface area contributed by atoms with Gasteiger partial charge < -0.3 is 9.16 Å². The van der Waals surface area contributed by atoms with Crippen molar-refractivity contribution in [2.24, 2.45) is 0 Å². The lowest BCUT2D eigenvalue weighted by atomic mass is 9.85. The van der Waals surface area contributed by atoms with Crippen molar-refractivity contribution in [2.75, 3.05) is 0 Å². The van der Waals surface area contributed by atoms with Gasteiger partial charge in [-0.2, -0.15) is 8.78 Å². The molecule has 0 unspecified atom stereocenters. The third kappa shape index (κ3) is 8.11. The fraction of sp³-hybridized carbons (Fsp3) is 0.586. The van der Waals surface area contributed by atoms with Crippen LogP contribution >= 0.6 is 0 Å². The Hall–Kier alpha value is -1.88. The van der Waals surface area contributed by atoms with Crippen LogP contribution in [-0.2, 0) is 6.42 Å². The van der Waals surface area contributed by atoms with Crippen LogP contribution in [0.5, 0.6) is 11.5 Å². The summed E-state index contributed by atoms with van der Waals surface area (Å²) in [6.07, 6.45) is 11.0. The van der Waals surface area contributed by atoms with Crippen molar-refractivity contribution < 1.29 is 17.9 Å². The zero-order chi connectivity index (χ0) is 25.5. The van der Waals surface area contributed by atoms with Crippen molar-refractivity contribution in [1.82, 2.24) is 0 Å². The van der Waals surface area contributed by atoms with E-state index in [4.69, 9.17) is 9.16 Å². The molecule has 1 aliphatic heterocycles. The second-order valence-electron chi connectivity index (χ2n) is 10.3. The second-order valence-corrected chi connectivity index (χ2v) is 12.3. The van der Waals surface area contributed by atoms with E-state index in [1.165, 1.54) is 33.4 Å². The van der Waals surface area contributed by atoms with E-state index in [2.05, 4.69) is 59.9 Å². The van der Waals surface area contributed by atoms with Gasteiger partial charge in [-0.15, -0.1) is 0 Å². The maximum Gasteiger partial charge on any atom is 0.274 e. The number of rotatable bonds is 11. The molecule has 0 amide bonds. The molecule has 0 spiro atoms. The summed E-state index contributed by atoms with van der Waals surface area (Å²) in [5, 5.41) is 0. The minimum absolute atomic E-state index is 0.157. The van der Waals surface area contributed by atoms with E-state index in [0.29, 0.717) is 12.8 Å². The first-order valence-corrected chi connectivity index (χ1v) is 15.0. The van der Waals surface area contributed by atoms with Crippen molar-refractivity contribution in [2.45, 2.75) is 112 Å². The summed E-state index contributed by atoms with van der Waals surface area (Å²) < 4.78 is 37.2. The van der Waals surface area contributed by atoms with Gasteiger partial charge in [-0.25, -0.2) is 0 Å². The topological polar surface area (TPSA) is 18.5 Å². The van der Waals surface area contributed by atoms with Gasteiger partial charge in [-0.05, 0) is 129 Å². The number of benzene rings is 1. The van der Waals surface area contributed by atoms with Gasteiger partial charge in [0, 0.05) is 5.56 Å². The van der Waals surface area contributed by atoms with Crippen LogP contribution in [0.1, 0.15) is 88.0 Å². The van der Waals surface area contributed by atoms with Crippen LogP contribution in [0.15, 0.2) is 35.5 Å². The van der Waals surface area contributed by atoms with E-state index in [1.54, 1.807) is 0 Å². The van der Waals surface area contributed by atoms with E-state index in [0.717, 1.165) is 56.1 Å². The lowest BCUT2D eigenvalue weighted by Gasteiger charge is -2.38. The van der Waals surface area contributed by atoms with Crippen molar-refractivity contribution in [3.8, 4) is 11.5 Å². The van der Waals surface area contributed by atoms with Crippen LogP contribution in [0.3, 0.4) is 0 Å². The van der Waals surface area contributed by atoms with Crippen LogP contribution < -0.4 is 9.16 Å². The summed E-state index contributed by atoms with van der Waals surface area (Å²) >= 11 is 0. The van der Waals surface area contributed by atoms with Gasteiger partial charge in [-0.3, -0.25) is 0 Å². The molecule has 0 saturated heterocycles. The third-order valence-corrected chi connectivity index (χ3v) is 7.52. The van der Waals surface area contributed by atoms with Crippen LogP contribution in [-0.4, -0.2) is 14.6 Å². The van der Waals surface area contributed by atoms with E-state index >= 15 is 0 Å². The Morgan fingerprint density at radius 1 is 0.941 bits per heavy atom. The first-order chi connectivity index (χ1) is 15.9. The number of hydrogen-bond donors (Lipinski definition) is 0. The summed E-state index contributed by atoms with van der Waals surface area (Å²) in [4.78, 5) is 0. The van der Waals surface area contributed by atoms with Crippen molar-refractivity contribution in [3.05, 3.63) is 57.7 Å². The SMILES string of the molecule is C/C(=C\CC/C(C)=C/CC[C@]1(C)CCc2c(C)c(O[Si](C)C)c(C)c(C)c2O1)CCC=C(F)F. The molecule has 1 radical (unpaired) electrons. The number of fused-ring (bicyclic) bond motifs is 1. The predicted octanol–water partition coefficient (Wildman–Crippen LogP) is 9.34. The smallest absolute Gasteiger partial charge is 0.274 e. The fourth-order valence-corrected chi connectivity index (χ4v) is 5.31. The Balaban J connectivity index is 1.95. The Morgan fingerprint density at radius 2 is 1.53 bits per heavy atom. The van der Waals surface area contributed by atoms with Gasteiger partial charge in [0.1, 0.15) is 17.1 Å². The molecule has 0 aromatic heterocycles. The molecule has 0 N–H and O–H groups in total. The van der Waals surface area contributed by atoms with Gasteiger partial charge in [0.25, 0.3) is 15.1 Å². The fourth-order valence-electron chi connectivity index (χ4n) is 4.60. The molecule has 1 aromatic carbocycles. The van der Waals surface area contributed by atoms with E-state index < -0.39 is 15.1 Å². The third-order valence-electron chi connectivity index (χ3n) is 6.90. The molecule has 1 aromatic rings. The molecular formula is C29H43F2O2Si. The summed E-state index contributed by atoms with van der Waals surface area (Å²) in [7, 11) is -0.815. The molecule has 0 saturated carbocycles. The molecule has 2 rings (SSSR count). The highest BCUT2D eigenvalue weighted by Gasteiger charge is 2.34. The summed E-state index contributed by atoms with van der Waals surface area (Å²) in [6.45, 7) is 17.3. The molecule has 2 nitrogen and oxygen atoms in total. The molecule has 189 valence electrons. The van der Waals surface area contributed by atoms with Crippen molar-refractivity contribution >= 4 is 9.04 Å². The van der Waals surface area contributed by atoms with Crippen LogP contribution in [0.2, 0.25) is 13.1 Å². The quantitative estimate of drug-likeness (QED) is 0.228. The minimum Gasteiger partial charge on any atom is -0.542 e. The van der Waals surface area contributed by atoms with Crippen LogP contribution in [0.4, 0.5) is 8.78 Å². The van der Waals surface area contributed by atoms with E-state index in [9.17, 15) is 8.78 Å². The molecule has 34 heavy (non-hydrogen) atoms. The van der Waals surface area contributed by atoms with Gasteiger partial charge in [0.2, 0.25) is 0 Å². The first kappa shape index (κ1) is 28.4. The summed E-state index contributed by atoms with van der Waals surface area (Å²) in [5.74, 6) is 2.14. The molecule has 1 aliphatic rings.